The number of furan rings is 1. The predicted octanol–water partition coefficient (Wildman–Crippen LogP) is 2.10. The summed E-state index contributed by atoms with van der Waals surface area (Å²) < 4.78 is 6.80. The first kappa shape index (κ1) is 11.0. The molecule has 0 fully saturated rings. The molecule has 1 N–H and O–H groups in total. The van der Waals surface area contributed by atoms with Gasteiger partial charge in [-0.25, -0.2) is 4.68 Å². The van der Waals surface area contributed by atoms with Crippen LogP contribution < -0.4 is 0 Å². The number of phenolic OH excluding ortho intramolecular Hbond substituents is 1. The van der Waals surface area contributed by atoms with Crippen molar-refractivity contribution >= 4 is 0 Å². The highest BCUT2D eigenvalue weighted by atomic mass is 16.3. The van der Waals surface area contributed by atoms with E-state index in [1.165, 1.54) is 23.1 Å². The van der Waals surface area contributed by atoms with Gasteiger partial charge in [-0.15, -0.1) is 5.10 Å². The van der Waals surface area contributed by atoms with E-state index >= 15 is 0 Å². The van der Waals surface area contributed by atoms with E-state index in [1.807, 2.05) is 6.07 Å². The Kier molecular flexibility index (Phi) is 2.50. The summed E-state index contributed by atoms with van der Waals surface area (Å²) in [4.78, 5) is 0. The molecule has 0 unspecified atom stereocenters. The van der Waals surface area contributed by atoms with Crippen molar-refractivity contribution in [2.24, 2.45) is 0 Å². The second kappa shape index (κ2) is 4.31. The summed E-state index contributed by atoms with van der Waals surface area (Å²) in [5, 5.41) is 26.1. The molecule has 92 valence electrons. The van der Waals surface area contributed by atoms with Crippen LogP contribution in [0.5, 0.6) is 5.75 Å². The molecule has 0 spiro atoms. The van der Waals surface area contributed by atoms with E-state index < -0.39 is 0 Å². The van der Waals surface area contributed by atoms with Gasteiger partial charge in [-0.3, -0.25) is 0 Å². The molecule has 0 aliphatic heterocycles. The molecule has 0 atom stereocenters. The van der Waals surface area contributed by atoms with E-state index in [-0.39, 0.29) is 11.4 Å². The van der Waals surface area contributed by atoms with Crippen LogP contribution in [-0.2, 0) is 0 Å². The van der Waals surface area contributed by atoms with Crippen LogP contribution in [-0.4, -0.2) is 20.1 Å². The number of benzene rings is 1. The third-order valence-electron chi connectivity index (χ3n) is 2.63. The highest BCUT2D eigenvalue weighted by Crippen LogP contribution is 2.25. The zero-order chi connectivity index (χ0) is 13.2. The number of aromatic nitrogens is 3. The lowest BCUT2D eigenvalue weighted by molar-refractivity contribution is 0.475. The van der Waals surface area contributed by atoms with E-state index in [0.29, 0.717) is 17.1 Å². The van der Waals surface area contributed by atoms with Gasteiger partial charge in [0.2, 0.25) is 0 Å². The van der Waals surface area contributed by atoms with E-state index in [0.717, 1.165) is 0 Å². The summed E-state index contributed by atoms with van der Waals surface area (Å²) in [7, 11) is 0. The van der Waals surface area contributed by atoms with Crippen LogP contribution in [0.1, 0.15) is 5.69 Å². The van der Waals surface area contributed by atoms with Gasteiger partial charge in [-0.05, 0) is 36.4 Å². The van der Waals surface area contributed by atoms with Crippen molar-refractivity contribution in [2.45, 2.75) is 0 Å². The number of aromatic hydroxyl groups is 1. The summed E-state index contributed by atoms with van der Waals surface area (Å²) in [5.74, 6) is 0.665. The third kappa shape index (κ3) is 1.83. The van der Waals surface area contributed by atoms with Gasteiger partial charge < -0.3 is 9.52 Å². The van der Waals surface area contributed by atoms with Crippen LogP contribution in [0.25, 0.3) is 17.1 Å². The van der Waals surface area contributed by atoms with Gasteiger partial charge in [0.1, 0.15) is 17.5 Å². The second-order valence-electron chi connectivity index (χ2n) is 3.80. The molecule has 0 aliphatic rings. The Morgan fingerprint density at radius 2 is 2.00 bits per heavy atom. The Hall–Kier alpha value is -3.07. The Morgan fingerprint density at radius 1 is 1.21 bits per heavy atom. The number of hydrogen-bond acceptors (Lipinski definition) is 5. The summed E-state index contributed by atoms with van der Waals surface area (Å²) in [6, 6.07) is 11.9. The zero-order valence-electron chi connectivity index (χ0n) is 9.69. The summed E-state index contributed by atoms with van der Waals surface area (Å²) >= 11 is 0. The maximum Gasteiger partial charge on any atom is 0.194 e. The second-order valence-corrected chi connectivity index (χ2v) is 3.80. The average Bonchev–Trinajstić information content (AvgIpc) is 3.07. The maximum absolute atomic E-state index is 9.29. The lowest BCUT2D eigenvalue weighted by Gasteiger charge is -2.04. The van der Waals surface area contributed by atoms with Gasteiger partial charge >= 0.3 is 0 Å². The fraction of sp³-hybridized carbons (Fsp3) is 0. The number of rotatable bonds is 2. The van der Waals surface area contributed by atoms with Crippen molar-refractivity contribution < 1.29 is 9.52 Å². The molecule has 0 bridgehead atoms. The van der Waals surface area contributed by atoms with Crippen molar-refractivity contribution in [1.82, 2.24) is 15.0 Å². The minimum absolute atomic E-state index is 0.156. The molecule has 1 aromatic carbocycles. The van der Waals surface area contributed by atoms with Crippen molar-refractivity contribution in [3.05, 3.63) is 48.4 Å². The fourth-order valence-electron chi connectivity index (χ4n) is 1.77. The molecular weight excluding hydrogens is 244 g/mol. The van der Waals surface area contributed by atoms with Crippen molar-refractivity contribution in [3.8, 4) is 29.0 Å². The molecule has 0 saturated heterocycles. The molecule has 0 radical (unpaired) electrons. The molecule has 3 rings (SSSR count). The largest absolute Gasteiger partial charge is 0.508 e. The number of phenols is 1. The molecule has 0 saturated carbocycles. The standard InChI is InChI=1S/C13H8N4O2/c14-8-11-13(12-2-1-7-19-12)17(16-15-11)9-3-5-10(18)6-4-9/h1-7,18H. The van der Waals surface area contributed by atoms with Crippen LogP contribution in [0.3, 0.4) is 0 Å². The normalized spacial score (nSPS) is 10.3. The highest BCUT2D eigenvalue weighted by molar-refractivity contribution is 5.62. The summed E-state index contributed by atoms with van der Waals surface area (Å²) in [5.41, 5.74) is 1.35. The van der Waals surface area contributed by atoms with Gasteiger partial charge in [0, 0.05) is 0 Å². The topological polar surface area (TPSA) is 87.9 Å². The fourth-order valence-corrected chi connectivity index (χ4v) is 1.77. The highest BCUT2D eigenvalue weighted by Gasteiger charge is 2.18. The van der Waals surface area contributed by atoms with E-state index in [9.17, 15) is 5.11 Å². The van der Waals surface area contributed by atoms with Gasteiger partial charge in [0.05, 0.1) is 12.0 Å². The summed E-state index contributed by atoms with van der Waals surface area (Å²) in [6.45, 7) is 0. The smallest absolute Gasteiger partial charge is 0.194 e. The number of nitrogens with zero attached hydrogens (tertiary/aromatic N) is 4. The molecule has 6 nitrogen and oxygen atoms in total. The SMILES string of the molecule is N#Cc1nnn(-c2ccc(O)cc2)c1-c1ccco1. The first-order valence-corrected chi connectivity index (χ1v) is 5.48. The van der Waals surface area contributed by atoms with Crippen molar-refractivity contribution in [2.75, 3.05) is 0 Å². The van der Waals surface area contributed by atoms with Gasteiger partial charge in [0.25, 0.3) is 0 Å². The molecule has 19 heavy (non-hydrogen) atoms. The Balaban J connectivity index is 2.20. The van der Waals surface area contributed by atoms with Crippen LogP contribution in [0, 0.1) is 11.3 Å². The lowest BCUT2D eigenvalue weighted by Crippen LogP contribution is -1.98. The Morgan fingerprint density at radius 3 is 2.63 bits per heavy atom. The number of nitriles is 1. The minimum Gasteiger partial charge on any atom is -0.508 e. The van der Waals surface area contributed by atoms with Crippen LogP contribution in [0.15, 0.2) is 47.1 Å². The minimum atomic E-state index is 0.156. The van der Waals surface area contributed by atoms with Crippen LogP contribution in [0.2, 0.25) is 0 Å². The molecule has 0 amide bonds. The first-order chi connectivity index (χ1) is 9.29. The Bertz CT molecular complexity index is 736. The molecule has 0 aliphatic carbocycles. The molecule has 3 aromatic rings. The van der Waals surface area contributed by atoms with E-state index in [4.69, 9.17) is 9.68 Å². The van der Waals surface area contributed by atoms with Gasteiger partial charge in [-0.1, -0.05) is 5.21 Å². The molecular formula is C13H8N4O2. The third-order valence-corrected chi connectivity index (χ3v) is 2.63. The van der Waals surface area contributed by atoms with Crippen molar-refractivity contribution in [1.29, 1.82) is 5.26 Å². The Labute approximate surface area is 108 Å². The summed E-state index contributed by atoms with van der Waals surface area (Å²) in [6.07, 6.45) is 1.52. The monoisotopic (exact) mass is 252 g/mol. The van der Waals surface area contributed by atoms with E-state index in [1.54, 1.807) is 24.3 Å². The quantitative estimate of drug-likeness (QED) is 0.754. The van der Waals surface area contributed by atoms with E-state index in [2.05, 4.69) is 10.3 Å². The number of hydrogen-bond donors (Lipinski definition) is 1. The van der Waals surface area contributed by atoms with Crippen molar-refractivity contribution in [3.63, 3.8) is 0 Å². The molecule has 6 heteroatoms. The zero-order valence-corrected chi connectivity index (χ0v) is 9.69. The lowest BCUT2D eigenvalue weighted by atomic mass is 10.2. The van der Waals surface area contributed by atoms with Gasteiger partial charge in [-0.2, -0.15) is 5.26 Å². The molecule has 2 aromatic heterocycles. The van der Waals surface area contributed by atoms with Crippen LogP contribution >= 0.6 is 0 Å². The average molecular weight is 252 g/mol. The predicted molar refractivity (Wildman–Crippen MR) is 65.4 cm³/mol. The van der Waals surface area contributed by atoms with Gasteiger partial charge in [0.15, 0.2) is 11.5 Å². The first-order valence-electron chi connectivity index (χ1n) is 5.48. The maximum atomic E-state index is 9.29. The molecule has 2 heterocycles. The van der Waals surface area contributed by atoms with Crippen LogP contribution in [0.4, 0.5) is 0 Å².